The summed E-state index contributed by atoms with van der Waals surface area (Å²) >= 11 is 0. The first-order chi connectivity index (χ1) is 19.0. The van der Waals surface area contributed by atoms with Gasteiger partial charge in [-0.15, -0.1) is 0 Å². The van der Waals surface area contributed by atoms with Crippen LogP contribution in [0.3, 0.4) is 0 Å². The molecule has 2 aromatic heterocycles. The summed E-state index contributed by atoms with van der Waals surface area (Å²) in [7, 11) is -3.77. The Morgan fingerprint density at radius 1 is 0.795 bits per heavy atom. The molecular formula is C31H31N5O2S. The smallest absolute Gasteiger partial charge is 0.268 e. The summed E-state index contributed by atoms with van der Waals surface area (Å²) in [5, 5.41) is 0.840. The normalized spacial score (nSPS) is 14.6. The number of hydrogen-bond donors (Lipinski definition) is 0. The Morgan fingerprint density at radius 3 is 2.21 bits per heavy atom. The minimum Gasteiger partial charge on any atom is -0.354 e. The van der Waals surface area contributed by atoms with Crippen molar-refractivity contribution < 1.29 is 8.42 Å². The third kappa shape index (κ3) is 5.17. The largest absolute Gasteiger partial charge is 0.354 e. The lowest BCUT2D eigenvalue weighted by Crippen LogP contribution is -2.47. The van der Waals surface area contributed by atoms with Crippen LogP contribution in [-0.4, -0.2) is 60.0 Å². The fourth-order valence-corrected chi connectivity index (χ4v) is 6.63. The SMILES string of the molecule is Cc1nc(-c2cn(S(=O)(=O)c3ccccc3)c3ccccc23)cc(N2CCN(CCc3ccccc3)CC2)n1. The number of benzene rings is 3. The van der Waals surface area contributed by atoms with E-state index in [2.05, 4.69) is 40.1 Å². The van der Waals surface area contributed by atoms with Gasteiger partial charge in [-0.1, -0.05) is 66.7 Å². The van der Waals surface area contributed by atoms with Gasteiger partial charge in [-0.05, 0) is 37.1 Å². The van der Waals surface area contributed by atoms with Gasteiger partial charge in [0.2, 0.25) is 0 Å². The van der Waals surface area contributed by atoms with Crippen LogP contribution in [0.2, 0.25) is 0 Å². The lowest BCUT2D eigenvalue weighted by molar-refractivity contribution is 0.260. The lowest BCUT2D eigenvalue weighted by atomic mass is 10.1. The van der Waals surface area contributed by atoms with E-state index in [1.54, 1.807) is 30.5 Å². The Morgan fingerprint density at radius 2 is 1.46 bits per heavy atom. The van der Waals surface area contributed by atoms with Gasteiger partial charge in [-0.2, -0.15) is 0 Å². The number of aryl methyl sites for hydroxylation is 1. The van der Waals surface area contributed by atoms with Crippen LogP contribution < -0.4 is 4.90 Å². The van der Waals surface area contributed by atoms with Gasteiger partial charge < -0.3 is 4.90 Å². The Balaban J connectivity index is 1.27. The number of piperazine rings is 1. The van der Waals surface area contributed by atoms with Crippen LogP contribution in [0, 0.1) is 6.92 Å². The molecule has 0 bridgehead atoms. The molecule has 0 amide bonds. The summed E-state index contributed by atoms with van der Waals surface area (Å²) in [5.74, 6) is 1.54. The van der Waals surface area contributed by atoms with E-state index in [1.807, 2.05) is 43.3 Å². The van der Waals surface area contributed by atoms with E-state index < -0.39 is 10.0 Å². The molecular weight excluding hydrogens is 506 g/mol. The van der Waals surface area contributed by atoms with Gasteiger partial charge in [0, 0.05) is 55.9 Å². The molecule has 0 aliphatic carbocycles. The van der Waals surface area contributed by atoms with E-state index in [1.165, 1.54) is 9.54 Å². The first kappa shape index (κ1) is 25.3. The second-order valence-corrected chi connectivity index (χ2v) is 11.7. The van der Waals surface area contributed by atoms with Crippen molar-refractivity contribution in [2.24, 2.45) is 0 Å². The summed E-state index contributed by atoms with van der Waals surface area (Å²) in [6.45, 7) is 6.65. The van der Waals surface area contributed by atoms with Crippen molar-refractivity contribution in [3.63, 3.8) is 0 Å². The quantitative estimate of drug-likeness (QED) is 0.291. The van der Waals surface area contributed by atoms with Crippen molar-refractivity contribution in [2.75, 3.05) is 37.6 Å². The number of para-hydroxylation sites is 1. The predicted molar refractivity (Wildman–Crippen MR) is 156 cm³/mol. The molecule has 3 aromatic carbocycles. The van der Waals surface area contributed by atoms with Gasteiger partial charge in [0.1, 0.15) is 11.6 Å². The molecule has 3 heterocycles. The molecule has 1 saturated heterocycles. The molecule has 198 valence electrons. The van der Waals surface area contributed by atoms with Gasteiger partial charge in [0.25, 0.3) is 10.0 Å². The van der Waals surface area contributed by atoms with Crippen LogP contribution in [0.15, 0.2) is 102 Å². The summed E-state index contributed by atoms with van der Waals surface area (Å²) in [6, 6.07) is 28.7. The second kappa shape index (κ2) is 10.6. The zero-order valence-electron chi connectivity index (χ0n) is 21.9. The maximum Gasteiger partial charge on any atom is 0.268 e. The maximum atomic E-state index is 13.6. The molecule has 1 aliphatic rings. The molecule has 0 unspecified atom stereocenters. The van der Waals surface area contributed by atoms with Crippen LogP contribution in [0.4, 0.5) is 5.82 Å². The average Bonchev–Trinajstić information content (AvgIpc) is 3.38. The van der Waals surface area contributed by atoms with Crippen LogP contribution >= 0.6 is 0 Å². The molecule has 0 spiro atoms. The molecule has 7 nitrogen and oxygen atoms in total. The standard InChI is InChI=1S/C31H31N5O2S/c1-24-32-29(22-31(33-24)35-20-18-34(19-21-35)17-16-25-10-4-2-5-11-25)28-23-36(30-15-9-8-14-27(28)30)39(37,38)26-12-6-3-7-13-26/h2-15,22-23H,16-21H2,1H3. The highest BCUT2D eigenvalue weighted by Crippen LogP contribution is 2.33. The Kier molecular flexibility index (Phi) is 6.89. The molecule has 1 aliphatic heterocycles. The molecule has 0 N–H and O–H groups in total. The molecule has 5 aromatic rings. The minimum atomic E-state index is -3.77. The number of nitrogens with zero attached hydrogens (tertiary/aromatic N) is 5. The van der Waals surface area contributed by atoms with Crippen molar-refractivity contribution in [2.45, 2.75) is 18.2 Å². The molecule has 39 heavy (non-hydrogen) atoms. The van der Waals surface area contributed by atoms with Crippen molar-refractivity contribution in [1.82, 2.24) is 18.8 Å². The van der Waals surface area contributed by atoms with E-state index in [4.69, 9.17) is 9.97 Å². The number of hydrogen-bond acceptors (Lipinski definition) is 6. The highest BCUT2D eigenvalue weighted by atomic mass is 32.2. The zero-order valence-corrected chi connectivity index (χ0v) is 22.8. The summed E-state index contributed by atoms with van der Waals surface area (Å²) < 4.78 is 28.5. The van der Waals surface area contributed by atoms with Crippen LogP contribution in [-0.2, 0) is 16.4 Å². The number of aromatic nitrogens is 3. The summed E-state index contributed by atoms with van der Waals surface area (Å²) in [6.07, 6.45) is 2.74. The molecule has 0 radical (unpaired) electrons. The van der Waals surface area contributed by atoms with Gasteiger partial charge in [0.15, 0.2) is 0 Å². The fourth-order valence-electron chi connectivity index (χ4n) is 5.24. The predicted octanol–water partition coefficient (Wildman–Crippen LogP) is 5.01. The van der Waals surface area contributed by atoms with E-state index in [0.29, 0.717) is 11.3 Å². The third-order valence-corrected chi connectivity index (χ3v) is 9.02. The second-order valence-electron chi connectivity index (χ2n) is 9.90. The summed E-state index contributed by atoms with van der Waals surface area (Å²) in [4.78, 5) is 14.5. The Hall–Kier alpha value is -4.01. The van der Waals surface area contributed by atoms with Gasteiger partial charge in [0.05, 0.1) is 16.1 Å². The van der Waals surface area contributed by atoms with Crippen molar-refractivity contribution in [3.05, 3.63) is 109 Å². The van der Waals surface area contributed by atoms with Crippen LogP contribution in [0.25, 0.3) is 22.2 Å². The number of fused-ring (bicyclic) bond motifs is 1. The van der Waals surface area contributed by atoms with Gasteiger partial charge in [-0.3, -0.25) is 4.90 Å². The van der Waals surface area contributed by atoms with E-state index in [0.717, 1.165) is 61.6 Å². The topological polar surface area (TPSA) is 71.3 Å². The minimum absolute atomic E-state index is 0.252. The van der Waals surface area contributed by atoms with Crippen molar-refractivity contribution >= 4 is 26.7 Å². The van der Waals surface area contributed by atoms with E-state index in [9.17, 15) is 8.42 Å². The fraction of sp³-hybridized carbons (Fsp3) is 0.226. The zero-order chi connectivity index (χ0) is 26.8. The third-order valence-electron chi connectivity index (χ3n) is 7.33. The molecule has 8 heteroatoms. The van der Waals surface area contributed by atoms with Crippen molar-refractivity contribution in [3.8, 4) is 11.3 Å². The van der Waals surface area contributed by atoms with Gasteiger partial charge >= 0.3 is 0 Å². The lowest BCUT2D eigenvalue weighted by Gasteiger charge is -2.35. The number of rotatable bonds is 7. The molecule has 0 atom stereocenters. The number of anilines is 1. The maximum absolute atomic E-state index is 13.6. The van der Waals surface area contributed by atoms with E-state index >= 15 is 0 Å². The van der Waals surface area contributed by atoms with Crippen molar-refractivity contribution in [1.29, 1.82) is 0 Å². The Bertz CT molecular complexity index is 1690. The first-order valence-corrected chi connectivity index (χ1v) is 14.7. The molecule has 1 fully saturated rings. The van der Waals surface area contributed by atoms with E-state index in [-0.39, 0.29) is 4.90 Å². The molecule has 6 rings (SSSR count). The monoisotopic (exact) mass is 537 g/mol. The first-order valence-electron chi connectivity index (χ1n) is 13.3. The van der Waals surface area contributed by atoms with Gasteiger partial charge in [-0.25, -0.2) is 22.4 Å². The van der Waals surface area contributed by atoms with Crippen LogP contribution in [0.5, 0.6) is 0 Å². The summed E-state index contributed by atoms with van der Waals surface area (Å²) in [5.41, 5.74) is 3.49. The highest BCUT2D eigenvalue weighted by Gasteiger charge is 2.24. The molecule has 0 saturated carbocycles. The highest BCUT2D eigenvalue weighted by molar-refractivity contribution is 7.90. The average molecular weight is 538 g/mol. The Labute approximate surface area is 229 Å². The van der Waals surface area contributed by atoms with Crippen LogP contribution in [0.1, 0.15) is 11.4 Å².